The van der Waals surface area contributed by atoms with Crippen LogP contribution in [-0.4, -0.2) is 30.2 Å². The van der Waals surface area contributed by atoms with Gasteiger partial charge in [-0.1, -0.05) is 23.8 Å². The summed E-state index contributed by atoms with van der Waals surface area (Å²) < 4.78 is 0. The van der Waals surface area contributed by atoms with Crippen molar-refractivity contribution in [1.82, 2.24) is 10.7 Å². The Morgan fingerprint density at radius 3 is 2.43 bits per heavy atom. The quantitative estimate of drug-likeness (QED) is 0.594. The fourth-order valence-corrected chi connectivity index (χ4v) is 1.91. The highest BCUT2D eigenvalue weighted by molar-refractivity contribution is 6.00. The zero-order valence-electron chi connectivity index (χ0n) is 12.8. The lowest BCUT2D eigenvalue weighted by molar-refractivity contribution is 0.0948. The van der Waals surface area contributed by atoms with Gasteiger partial charge in [0.1, 0.15) is 5.75 Å². The van der Waals surface area contributed by atoms with Gasteiger partial charge in [-0.2, -0.15) is 5.10 Å². The number of hydrogen-bond acceptors (Lipinski definition) is 4. The molecule has 0 atom stereocenters. The molecule has 2 amide bonds. The van der Waals surface area contributed by atoms with E-state index < -0.39 is 5.91 Å². The normalized spacial score (nSPS) is 10.5. The van der Waals surface area contributed by atoms with Gasteiger partial charge in [0, 0.05) is 18.2 Å². The van der Waals surface area contributed by atoms with E-state index in [4.69, 9.17) is 0 Å². The number of carbonyl (C=O) groups is 2. The fourth-order valence-electron chi connectivity index (χ4n) is 1.91. The highest BCUT2D eigenvalue weighted by Gasteiger charge is 2.11. The molecule has 3 N–H and O–H groups in total. The summed E-state index contributed by atoms with van der Waals surface area (Å²) in [5.41, 5.74) is 4.38. The van der Waals surface area contributed by atoms with Crippen LogP contribution in [0.2, 0.25) is 0 Å². The summed E-state index contributed by atoms with van der Waals surface area (Å²) in [7, 11) is 1.48. The van der Waals surface area contributed by atoms with E-state index in [1.165, 1.54) is 19.3 Å². The Kier molecular flexibility index (Phi) is 5.09. The van der Waals surface area contributed by atoms with Crippen LogP contribution < -0.4 is 10.7 Å². The van der Waals surface area contributed by atoms with E-state index in [0.717, 1.165) is 5.56 Å². The maximum atomic E-state index is 11.9. The van der Waals surface area contributed by atoms with Gasteiger partial charge in [-0.15, -0.1) is 0 Å². The zero-order valence-corrected chi connectivity index (χ0v) is 12.8. The Labute approximate surface area is 133 Å². The predicted octanol–water partition coefficient (Wildman–Crippen LogP) is 1.82. The number of nitrogens with zero attached hydrogens (tertiary/aromatic N) is 1. The average Bonchev–Trinajstić information content (AvgIpc) is 2.56. The van der Waals surface area contributed by atoms with Crippen molar-refractivity contribution >= 4 is 18.0 Å². The molecule has 2 rings (SSSR count). The lowest BCUT2D eigenvalue weighted by Gasteiger charge is -2.05. The molecule has 2 aromatic rings. The molecule has 0 radical (unpaired) electrons. The summed E-state index contributed by atoms with van der Waals surface area (Å²) in [5.74, 6) is -0.954. The molecule has 0 heterocycles. The first kappa shape index (κ1) is 16.2. The fraction of sp³-hybridized carbons (Fsp3) is 0.118. The van der Waals surface area contributed by atoms with Crippen molar-refractivity contribution in [3.05, 3.63) is 64.7 Å². The number of carbonyl (C=O) groups excluding carboxylic acids is 2. The highest BCUT2D eigenvalue weighted by atomic mass is 16.3. The van der Waals surface area contributed by atoms with Gasteiger partial charge >= 0.3 is 0 Å². The van der Waals surface area contributed by atoms with Crippen molar-refractivity contribution in [2.75, 3.05) is 7.05 Å². The van der Waals surface area contributed by atoms with E-state index in [0.29, 0.717) is 11.1 Å². The first-order valence-electron chi connectivity index (χ1n) is 6.97. The number of hydrogen-bond donors (Lipinski definition) is 3. The summed E-state index contributed by atoms with van der Waals surface area (Å²) in [6.45, 7) is 1.93. The number of amides is 2. The Hall–Kier alpha value is -3.15. The maximum Gasteiger partial charge on any atom is 0.271 e. The van der Waals surface area contributed by atoms with Crippen LogP contribution in [0.5, 0.6) is 5.75 Å². The standard InChI is InChI=1S/C17H17N3O3/c1-11-6-8-12(9-7-11)16(22)20-19-10-13-4-3-5-14(15(13)21)17(23)18-2/h3-10,21H,1-2H3,(H,18,23)(H,20,22). The van der Waals surface area contributed by atoms with Crippen molar-refractivity contribution in [3.8, 4) is 5.75 Å². The molecule has 0 bridgehead atoms. The van der Waals surface area contributed by atoms with Gasteiger partial charge in [0.05, 0.1) is 11.8 Å². The number of nitrogens with one attached hydrogen (secondary N) is 2. The third kappa shape index (κ3) is 3.94. The van der Waals surface area contributed by atoms with Crippen LogP contribution in [0.1, 0.15) is 31.8 Å². The monoisotopic (exact) mass is 311 g/mol. The first-order valence-corrected chi connectivity index (χ1v) is 6.97. The molecule has 0 unspecified atom stereocenters. The summed E-state index contributed by atoms with van der Waals surface area (Å²) in [6, 6.07) is 11.8. The molecule has 0 aliphatic carbocycles. The number of aryl methyl sites for hydroxylation is 1. The van der Waals surface area contributed by atoms with E-state index >= 15 is 0 Å². The smallest absolute Gasteiger partial charge is 0.271 e. The van der Waals surface area contributed by atoms with E-state index in [9.17, 15) is 14.7 Å². The second-order valence-corrected chi connectivity index (χ2v) is 4.89. The van der Waals surface area contributed by atoms with Crippen LogP contribution in [-0.2, 0) is 0 Å². The summed E-state index contributed by atoms with van der Waals surface area (Å²) >= 11 is 0. The number of para-hydroxylation sites is 1. The van der Waals surface area contributed by atoms with Crippen LogP contribution in [0, 0.1) is 6.92 Å². The summed E-state index contributed by atoms with van der Waals surface area (Å²) in [4.78, 5) is 23.5. The number of hydrazone groups is 1. The molecule has 0 saturated heterocycles. The Balaban J connectivity index is 2.10. The highest BCUT2D eigenvalue weighted by Crippen LogP contribution is 2.20. The molecular formula is C17H17N3O3. The van der Waals surface area contributed by atoms with Crippen LogP contribution >= 0.6 is 0 Å². The molecular weight excluding hydrogens is 294 g/mol. The third-order valence-electron chi connectivity index (χ3n) is 3.22. The third-order valence-corrected chi connectivity index (χ3v) is 3.22. The minimum atomic E-state index is -0.401. The maximum absolute atomic E-state index is 11.9. The van der Waals surface area contributed by atoms with E-state index in [1.54, 1.807) is 24.3 Å². The summed E-state index contributed by atoms with van der Waals surface area (Å²) in [6.07, 6.45) is 1.29. The molecule has 0 spiro atoms. The Morgan fingerprint density at radius 1 is 1.09 bits per heavy atom. The Bertz CT molecular complexity index is 752. The van der Waals surface area contributed by atoms with Gasteiger partial charge < -0.3 is 10.4 Å². The van der Waals surface area contributed by atoms with Gasteiger partial charge in [-0.25, -0.2) is 5.43 Å². The van der Waals surface area contributed by atoms with Gasteiger partial charge in [0.15, 0.2) is 0 Å². The molecule has 6 heteroatoms. The van der Waals surface area contributed by atoms with Crippen LogP contribution in [0.3, 0.4) is 0 Å². The van der Waals surface area contributed by atoms with Gasteiger partial charge in [-0.05, 0) is 31.2 Å². The van der Waals surface area contributed by atoms with Crippen LogP contribution in [0.15, 0.2) is 47.6 Å². The largest absolute Gasteiger partial charge is 0.506 e. The molecule has 0 aromatic heterocycles. The first-order chi connectivity index (χ1) is 11.0. The van der Waals surface area contributed by atoms with E-state index in [2.05, 4.69) is 15.8 Å². The number of benzene rings is 2. The van der Waals surface area contributed by atoms with E-state index in [-0.39, 0.29) is 17.2 Å². The number of aromatic hydroxyl groups is 1. The minimum absolute atomic E-state index is 0.140. The lowest BCUT2D eigenvalue weighted by atomic mass is 10.1. The molecule has 118 valence electrons. The number of phenolic OH excluding ortho intramolecular Hbond substituents is 1. The van der Waals surface area contributed by atoms with Crippen molar-refractivity contribution < 1.29 is 14.7 Å². The minimum Gasteiger partial charge on any atom is -0.506 e. The molecule has 0 saturated carbocycles. The topological polar surface area (TPSA) is 90.8 Å². The van der Waals surface area contributed by atoms with E-state index in [1.807, 2.05) is 19.1 Å². The molecule has 0 aliphatic rings. The second-order valence-electron chi connectivity index (χ2n) is 4.89. The van der Waals surface area contributed by atoms with Crippen molar-refractivity contribution in [3.63, 3.8) is 0 Å². The molecule has 2 aromatic carbocycles. The van der Waals surface area contributed by atoms with Gasteiger partial charge in [-0.3, -0.25) is 9.59 Å². The summed E-state index contributed by atoms with van der Waals surface area (Å²) in [5, 5.41) is 16.3. The number of phenols is 1. The predicted molar refractivity (Wildman–Crippen MR) is 87.7 cm³/mol. The van der Waals surface area contributed by atoms with Crippen LogP contribution in [0.25, 0.3) is 0 Å². The van der Waals surface area contributed by atoms with Gasteiger partial charge in [0.2, 0.25) is 0 Å². The molecule has 6 nitrogen and oxygen atoms in total. The Morgan fingerprint density at radius 2 is 1.78 bits per heavy atom. The number of rotatable bonds is 4. The van der Waals surface area contributed by atoms with Crippen molar-refractivity contribution in [2.24, 2.45) is 5.10 Å². The van der Waals surface area contributed by atoms with Crippen LogP contribution in [0.4, 0.5) is 0 Å². The van der Waals surface area contributed by atoms with Crippen molar-refractivity contribution in [1.29, 1.82) is 0 Å². The second kappa shape index (κ2) is 7.22. The molecule has 23 heavy (non-hydrogen) atoms. The zero-order chi connectivity index (χ0) is 16.8. The van der Waals surface area contributed by atoms with Crippen molar-refractivity contribution in [2.45, 2.75) is 6.92 Å². The molecule has 0 fully saturated rings. The molecule has 0 aliphatic heterocycles. The average molecular weight is 311 g/mol. The van der Waals surface area contributed by atoms with Gasteiger partial charge in [0.25, 0.3) is 11.8 Å². The lowest BCUT2D eigenvalue weighted by Crippen LogP contribution is -2.18. The SMILES string of the molecule is CNC(=O)c1cccc(C=NNC(=O)c2ccc(C)cc2)c1O.